The number of methoxy groups -OCH3 is 3. The normalized spacial score (nSPS) is 11.8. The van der Waals surface area contributed by atoms with Crippen LogP contribution >= 0.6 is 0 Å². The van der Waals surface area contributed by atoms with Crippen LogP contribution in [0.5, 0.6) is 17.2 Å². The molecule has 112 valence electrons. The lowest BCUT2D eigenvalue weighted by Crippen LogP contribution is -2.13. The van der Waals surface area contributed by atoms with Crippen molar-refractivity contribution in [2.75, 3.05) is 21.3 Å². The topological polar surface area (TPSA) is 53.7 Å². The molecule has 0 heterocycles. The minimum Gasteiger partial charge on any atom is -0.497 e. The first-order valence-electron chi connectivity index (χ1n) is 6.78. The average molecular weight is 287 g/mol. The molecule has 0 saturated carbocycles. The SMILES string of the molecule is COc1cccc(C[C@H](N)c2ccc(OC)c(OC)c2)c1. The molecule has 0 bridgehead atoms. The van der Waals surface area contributed by atoms with Gasteiger partial charge < -0.3 is 19.9 Å². The van der Waals surface area contributed by atoms with Gasteiger partial charge in [0.25, 0.3) is 0 Å². The van der Waals surface area contributed by atoms with Crippen LogP contribution in [-0.2, 0) is 6.42 Å². The predicted octanol–water partition coefficient (Wildman–Crippen LogP) is 2.95. The van der Waals surface area contributed by atoms with Crippen molar-refractivity contribution < 1.29 is 14.2 Å². The third-order valence-corrected chi connectivity index (χ3v) is 3.43. The van der Waals surface area contributed by atoms with E-state index in [1.165, 1.54) is 0 Å². The molecular weight excluding hydrogens is 266 g/mol. The molecule has 0 spiro atoms. The summed E-state index contributed by atoms with van der Waals surface area (Å²) < 4.78 is 15.8. The molecule has 0 aliphatic carbocycles. The molecule has 21 heavy (non-hydrogen) atoms. The van der Waals surface area contributed by atoms with E-state index >= 15 is 0 Å². The largest absolute Gasteiger partial charge is 0.497 e. The van der Waals surface area contributed by atoms with Crippen molar-refractivity contribution in [3.05, 3.63) is 53.6 Å². The van der Waals surface area contributed by atoms with E-state index in [0.717, 1.165) is 23.3 Å². The zero-order chi connectivity index (χ0) is 15.2. The second kappa shape index (κ2) is 6.99. The van der Waals surface area contributed by atoms with E-state index in [1.807, 2.05) is 42.5 Å². The molecule has 2 aromatic carbocycles. The molecule has 2 rings (SSSR count). The fourth-order valence-electron chi connectivity index (χ4n) is 2.25. The van der Waals surface area contributed by atoms with Crippen molar-refractivity contribution in [1.29, 1.82) is 0 Å². The van der Waals surface area contributed by atoms with Crippen LogP contribution in [0.15, 0.2) is 42.5 Å². The summed E-state index contributed by atoms with van der Waals surface area (Å²) in [5, 5.41) is 0. The Labute approximate surface area is 125 Å². The molecule has 0 amide bonds. The van der Waals surface area contributed by atoms with Crippen LogP contribution in [0.4, 0.5) is 0 Å². The predicted molar refractivity (Wildman–Crippen MR) is 83.2 cm³/mol. The van der Waals surface area contributed by atoms with E-state index in [-0.39, 0.29) is 6.04 Å². The Balaban J connectivity index is 2.17. The van der Waals surface area contributed by atoms with Gasteiger partial charge in [-0.05, 0) is 41.8 Å². The average Bonchev–Trinajstić information content (AvgIpc) is 2.54. The van der Waals surface area contributed by atoms with Crippen LogP contribution in [0.1, 0.15) is 17.2 Å². The second-order valence-corrected chi connectivity index (χ2v) is 4.78. The van der Waals surface area contributed by atoms with E-state index in [0.29, 0.717) is 11.5 Å². The first-order valence-corrected chi connectivity index (χ1v) is 6.78. The molecule has 0 unspecified atom stereocenters. The number of hydrogen-bond acceptors (Lipinski definition) is 4. The first-order chi connectivity index (χ1) is 10.2. The van der Waals surface area contributed by atoms with Crippen molar-refractivity contribution >= 4 is 0 Å². The van der Waals surface area contributed by atoms with Crippen LogP contribution < -0.4 is 19.9 Å². The molecule has 2 N–H and O–H groups in total. The summed E-state index contributed by atoms with van der Waals surface area (Å²) >= 11 is 0. The van der Waals surface area contributed by atoms with Gasteiger partial charge in [0.2, 0.25) is 0 Å². The highest BCUT2D eigenvalue weighted by Crippen LogP contribution is 2.30. The number of nitrogens with two attached hydrogens (primary N) is 1. The van der Waals surface area contributed by atoms with Gasteiger partial charge >= 0.3 is 0 Å². The summed E-state index contributed by atoms with van der Waals surface area (Å²) in [4.78, 5) is 0. The lowest BCUT2D eigenvalue weighted by molar-refractivity contribution is 0.354. The Bertz CT molecular complexity index is 598. The van der Waals surface area contributed by atoms with Gasteiger partial charge in [-0.25, -0.2) is 0 Å². The monoisotopic (exact) mass is 287 g/mol. The summed E-state index contributed by atoms with van der Waals surface area (Å²) in [5.74, 6) is 2.23. The minimum atomic E-state index is -0.114. The number of ether oxygens (including phenoxy) is 3. The van der Waals surface area contributed by atoms with Gasteiger partial charge in [0.15, 0.2) is 11.5 Å². The third-order valence-electron chi connectivity index (χ3n) is 3.43. The highest BCUT2D eigenvalue weighted by molar-refractivity contribution is 5.44. The molecule has 4 nitrogen and oxygen atoms in total. The maximum atomic E-state index is 6.30. The fraction of sp³-hybridized carbons (Fsp3) is 0.294. The van der Waals surface area contributed by atoms with Crippen molar-refractivity contribution in [2.45, 2.75) is 12.5 Å². The van der Waals surface area contributed by atoms with Gasteiger partial charge in [-0.1, -0.05) is 18.2 Å². The quantitative estimate of drug-likeness (QED) is 0.887. The van der Waals surface area contributed by atoms with E-state index in [1.54, 1.807) is 21.3 Å². The summed E-state index contributed by atoms with van der Waals surface area (Å²) in [6, 6.07) is 13.6. The van der Waals surface area contributed by atoms with Crippen LogP contribution in [0, 0.1) is 0 Å². The van der Waals surface area contributed by atoms with Crippen LogP contribution in [-0.4, -0.2) is 21.3 Å². The summed E-state index contributed by atoms with van der Waals surface area (Å²) in [6.07, 6.45) is 0.729. The highest BCUT2D eigenvalue weighted by atomic mass is 16.5. The lowest BCUT2D eigenvalue weighted by Gasteiger charge is -2.15. The third kappa shape index (κ3) is 3.67. The van der Waals surface area contributed by atoms with Gasteiger partial charge in [0, 0.05) is 6.04 Å². The van der Waals surface area contributed by atoms with E-state index < -0.39 is 0 Å². The van der Waals surface area contributed by atoms with Gasteiger partial charge in [-0.2, -0.15) is 0 Å². The molecule has 0 fully saturated rings. The van der Waals surface area contributed by atoms with E-state index in [2.05, 4.69) is 0 Å². The molecule has 0 aliphatic heterocycles. The Morgan fingerprint density at radius 3 is 2.33 bits per heavy atom. The minimum absolute atomic E-state index is 0.114. The Hall–Kier alpha value is -2.20. The molecule has 1 atom stereocenters. The molecule has 0 aliphatic rings. The Morgan fingerprint density at radius 1 is 0.905 bits per heavy atom. The maximum Gasteiger partial charge on any atom is 0.161 e. The maximum absolute atomic E-state index is 6.30. The summed E-state index contributed by atoms with van der Waals surface area (Å²) in [7, 11) is 4.90. The number of rotatable bonds is 6. The lowest BCUT2D eigenvalue weighted by atomic mass is 9.99. The van der Waals surface area contributed by atoms with Gasteiger partial charge in [0.05, 0.1) is 21.3 Å². The smallest absolute Gasteiger partial charge is 0.161 e. The first kappa shape index (κ1) is 15.2. The van der Waals surface area contributed by atoms with Crippen molar-refractivity contribution in [2.24, 2.45) is 5.73 Å². The zero-order valence-electron chi connectivity index (χ0n) is 12.6. The molecule has 4 heteroatoms. The summed E-state index contributed by atoms with van der Waals surface area (Å²) in [6.45, 7) is 0. The number of hydrogen-bond donors (Lipinski definition) is 1. The Morgan fingerprint density at radius 2 is 1.67 bits per heavy atom. The van der Waals surface area contributed by atoms with Gasteiger partial charge in [0.1, 0.15) is 5.75 Å². The number of benzene rings is 2. The molecule has 0 aromatic heterocycles. The second-order valence-electron chi connectivity index (χ2n) is 4.78. The molecule has 0 radical (unpaired) electrons. The van der Waals surface area contributed by atoms with Gasteiger partial charge in [-0.15, -0.1) is 0 Å². The summed E-state index contributed by atoms with van der Waals surface area (Å²) in [5.41, 5.74) is 8.44. The van der Waals surface area contributed by atoms with E-state index in [9.17, 15) is 0 Å². The van der Waals surface area contributed by atoms with Crippen LogP contribution in [0.2, 0.25) is 0 Å². The van der Waals surface area contributed by atoms with Crippen molar-refractivity contribution in [1.82, 2.24) is 0 Å². The van der Waals surface area contributed by atoms with Crippen molar-refractivity contribution in [3.8, 4) is 17.2 Å². The van der Waals surface area contributed by atoms with Gasteiger partial charge in [-0.3, -0.25) is 0 Å². The van der Waals surface area contributed by atoms with E-state index in [4.69, 9.17) is 19.9 Å². The standard InChI is InChI=1S/C17H21NO3/c1-19-14-6-4-5-12(9-14)10-15(18)13-7-8-16(20-2)17(11-13)21-3/h4-9,11,15H,10,18H2,1-3H3/t15-/m0/s1. The molecular formula is C17H21NO3. The van der Waals surface area contributed by atoms with Crippen molar-refractivity contribution in [3.63, 3.8) is 0 Å². The zero-order valence-corrected chi connectivity index (χ0v) is 12.6. The van der Waals surface area contributed by atoms with Crippen LogP contribution in [0.3, 0.4) is 0 Å². The Kier molecular flexibility index (Phi) is 5.06. The molecule has 2 aromatic rings. The fourth-order valence-corrected chi connectivity index (χ4v) is 2.25. The van der Waals surface area contributed by atoms with Crippen LogP contribution in [0.25, 0.3) is 0 Å². The highest BCUT2D eigenvalue weighted by Gasteiger charge is 2.11. The molecule has 0 saturated heterocycles.